The summed E-state index contributed by atoms with van der Waals surface area (Å²) in [5.41, 5.74) is 5.06. The van der Waals surface area contributed by atoms with Gasteiger partial charge in [-0.25, -0.2) is 4.39 Å². The smallest absolute Gasteiger partial charge is 0.314 e. The fraction of sp³-hybridized carbons (Fsp3) is 0.538. The molecule has 0 amide bonds. The van der Waals surface area contributed by atoms with Crippen LogP contribution in [0.3, 0.4) is 0 Å². The van der Waals surface area contributed by atoms with Crippen LogP contribution < -0.4 is 10.5 Å². The second kappa shape index (κ2) is 6.13. The fourth-order valence-electron chi connectivity index (χ4n) is 2.64. The van der Waals surface area contributed by atoms with E-state index in [0.29, 0.717) is 6.54 Å². The number of benzene rings is 1. The number of nitrogens with two attached hydrogens (primary N) is 1. The summed E-state index contributed by atoms with van der Waals surface area (Å²) >= 11 is 0. The third-order valence-electron chi connectivity index (χ3n) is 3.79. The summed E-state index contributed by atoms with van der Waals surface area (Å²) in [4.78, 5) is 10.0. The van der Waals surface area contributed by atoms with Crippen LogP contribution in [0.2, 0.25) is 0 Å². The minimum absolute atomic E-state index is 0.114. The number of nitro groups is 1. The van der Waals surface area contributed by atoms with Crippen molar-refractivity contribution in [3.05, 3.63) is 33.9 Å². The van der Waals surface area contributed by atoms with Crippen LogP contribution in [0.5, 0.6) is 5.75 Å². The Kier molecular flexibility index (Phi) is 4.49. The number of hydrogen-bond donors (Lipinski definition) is 1. The van der Waals surface area contributed by atoms with Gasteiger partial charge in [0.2, 0.25) is 11.6 Å². The van der Waals surface area contributed by atoms with E-state index in [2.05, 4.69) is 0 Å². The molecule has 0 aromatic heterocycles. The lowest BCUT2D eigenvalue weighted by molar-refractivity contribution is -0.386. The highest BCUT2D eigenvalue weighted by Crippen LogP contribution is 2.35. The van der Waals surface area contributed by atoms with Crippen LogP contribution >= 0.6 is 0 Å². The van der Waals surface area contributed by atoms with Crippen LogP contribution in [0.4, 0.5) is 14.5 Å². The summed E-state index contributed by atoms with van der Waals surface area (Å²) in [6.45, 7) is 0.616. The number of ether oxygens (including phenoxy) is 1. The summed E-state index contributed by atoms with van der Waals surface area (Å²) in [6.07, 6.45) is 2.86. The van der Waals surface area contributed by atoms with Crippen molar-refractivity contribution in [1.82, 2.24) is 0 Å². The average molecular weight is 286 g/mol. The molecule has 2 atom stereocenters. The molecule has 0 spiro atoms. The Morgan fingerprint density at radius 1 is 1.35 bits per heavy atom. The average Bonchev–Trinajstić information content (AvgIpc) is 2.87. The van der Waals surface area contributed by atoms with E-state index >= 15 is 0 Å². The first-order chi connectivity index (χ1) is 9.54. The molecule has 0 radical (unpaired) electrons. The van der Waals surface area contributed by atoms with Crippen LogP contribution in [0.15, 0.2) is 12.1 Å². The van der Waals surface area contributed by atoms with E-state index in [-0.39, 0.29) is 18.4 Å². The van der Waals surface area contributed by atoms with Gasteiger partial charge in [-0.15, -0.1) is 0 Å². The number of halogens is 2. The maximum Gasteiger partial charge on any atom is 0.314 e. The zero-order valence-corrected chi connectivity index (χ0v) is 10.9. The Morgan fingerprint density at radius 2 is 2.05 bits per heavy atom. The lowest BCUT2D eigenvalue weighted by atomic mass is 9.97. The molecule has 1 aliphatic carbocycles. The summed E-state index contributed by atoms with van der Waals surface area (Å²) in [6, 6.07) is 1.63. The molecule has 1 aromatic carbocycles. The second-order valence-corrected chi connectivity index (χ2v) is 4.96. The van der Waals surface area contributed by atoms with Crippen LogP contribution in [-0.4, -0.2) is 18.1 Å². The molecule has 0 bridgehead atoms. The minimum atomic E-state index is -1.32. The Labute approximate surface area is 114 Å². The summed E-state index contributed by atoms with van der Waals surface area (Å²) < 4.78 is 32.0. The monoisotopic (exact) mass is 286 g/mol. The van der Waals surface area contributed by atoms with Gasteiger partial charge >= 0.3 is 5.69 Å². The number of nitro benzene ring substituents is 1. The molecule has 20 heavy (non-hydrogen) atoms. The van der Waals surface area contributed by atoms with Crippen molar-refractivity contribution in [3.8, 4) is 5.75 Å². The molecule has 7 heteroatoms. The number of nitrogens with zero attached hydrogens (tertiary/aromatic N) is 1. The van der Waals surface area contributed by atoms with E-state index < -0.39 is 28.0 Å². The highest BCUT2D eigenvalue weighted by atomic mass is 19.2. The van der Waals surface area contributed by atoms with Gasteiger partial charge in [-0.2, -0.15) is 4.39 Å². The van der Waals surface area contributed by atoms with Gasteiger partial charge < -0.3 is 10.5 Å². The van der Waals surface area contributed by atoms with Crippen molar-refractivity contribution in [2.24, 2.45) is 17.6 Å². The van der Waals surface area contributed by atoms with Gasteiger partial charge in [0.1, 0.15) is 0 Å². The van der Waals surface area contributed by atoms with Gasteiger partial charge in [-0.3, -0.25) is 10.1 Å². The molecule has 1 fully saturated rings. The molecule has 110 valence electrons. The van der Waals surface area contributed by atoms with E-state index in [4.69, 9.17) is 10.5 Å². The van der Waals surface area contributed by atoms with Crippen LogP contribution in [0.1, 0.15) is 19.3 Å². The third-order valence-corrected chi connectivity index (χ3v) is 3.79. The van der Waals surface area contributed by atoms with E-state index in [1.165, 1.54) is 0 Å². The Balaban J connectivity index is 2.16. The number of hydrogen-bond acceptors (Lipinski definition) is 4. The van der Waals surface area contributed by atoms with Crippen molar-refractivity contribution in [2.75, 3.05) is 13.2 Å². The van der Waals surface area contributed by atoms with Gasteiger partial charge in [0.05, 0.1) is 11.5 Å². The van der Waals surface area contributed by atoms with Gasteiger partial charge in [-0.1, -0.05) is 6.42 Å². The molecular formula is C13H16F2N2O3. The Hall–Kier alpha value is -1.76. The molecule has 2 unspecified atom stereocenters. The van der Waals surface area contributed by atoms with Gasteiger partial charge in [0.25, 0.3) is 0 Å². The van der Waals surface area contributed by atoms with Crippen molar-refractivity contribution in [3.63, 3.8) is 0 Å². The number of rotatable bonds is 5. The molecule has 2 rings (SSSR count). The zero-order valence-electron chi connectivity index (χ0n) is 10.9. The molecule has 1 saturated carbocycles. The normalized spacial score (nSPS) is 21.9. The second-order valence-electron chi connectivity index (χ2n) is 4.96. The predicted molar refractivity (Wildman–Crippen MR) is 68.4 cm³/mol. The van der Waals surface area contributed by atoms with Crippen molar-refractivity contribution >= 4 is 5.69 Å². The van der Waals surface area contributed by atoms with Gasteiger partial charge in [0.15, 0.2) is 5.82 Å². The minimum Gasteiger partial charge on any atom is -0.484 e. The van der Waals surface area contributed by atoms with E-state index in [9.17, 15) is 18.9 Å². The largest absolute Gasteiger partial charge is 0.484 e. The van der Waals surface area contributed by atoms with E-state index in [0.717, 1.165) is 31.4 Å². The van der Waals surface area contributed by atoms with Crippen molar-refractivity contribution in [1.29, 1.82) is 0 Å². The third kappa shape index (κ3) is 2.87. The van der Waals surface area contributed by atoms with E-state index in [1.54, 1.807) is 0 Å². The standard InChI is InChI=1S/C13H16F2N2O3/c14-10-4-5-11(17(18)19)13(12(10)15)20-7-9-3-1-2-8(9)6-16/h4-5,8-9H,1-3,6-7,16H2. The molecule has 5 nitrogen and oxygen atoms in total. The highest BCUT2D eigenvalue weighted by Gasteiger charge is 2.29. The molecule has 2 N–H and O–H groups in total. The summed E-state index contributed by atoms with van der Waals surface area (Å²) in [5.74, 6) is -2.71. The van der Waals surface area contributed by atoms with E-state index in [1.807, 2.05) is 0 Å². The van der Waals surface area contributed by atoms with Crippen LogP contribution in [-0.2, 0) is 0 Å². The molecule has 0 saturated heterocycles. The maximum absolute atomic E-state index is 13.6. The van der Waals surface area contributed by atoms with Crippen molar-refractivity contribution in [2.45, 2.75) is 19.3 Å². The highest BCUT2D eigenvalue weighted by molar-refractivity contribution is 5.47. The van der Waals surface area contributed by atoms with Crippen LogP contribution in [0, 0.1) is 33.6 Å². The predicted octanol–water partition coefficient (Wildman–Crippen LogP) is 2.63. The lowest BCUT2D eigenvalue weighted by Crippen LogP contribution is -2.23. The SMILES string of the molecule is NCC1CCCC1COc1c([N+](=O)[O-])ccc(F)c1F. The molecular weight excluding hydrogens is 270 g/mol. The Morgan fingerprint density at radius 3 is 2.70 bits per heavy atom. The Bertz CT molecular complexity index is 511. The maximum atomic E-state index is 13.6. The molecule has 1 aromatic rings. The van der Waals surface area contributed by atoms with Crippen LogP contribution in [0.25, 0.3) is 0 Å². The quantitative estimate of drug-likeness (QED) is 0.666. The fourth-order valence-corrected chi connectivity index (χ4v) is 2.64. The molecule has 0 aliphatic heterocycles. The zero-order chi connectivity index (χ0) is 14.7. The molecule has 0 heterocycles. The van der Waals surface area contributed by atoms with Gasteiger partial charge in [-0.05, 0) is 37.3 Å². The first-order valence-electron chi connectivity index (χ1n) is 6.49. The molecule has 1 aliphatic rings. The van der Waals surface area contributed by atoms with Crippen molar-refractivity contribution < 1.29 is 18.4 Å². The topological polar surface area (TPSA) is 78.4 Å². The first kappa shape index (κ1) is 14.6. The van der Waals surface area contributed by atoms with Gasteiger partial charge in [0, 0.05) is 6.07 Å². The first-order valence-corrected chi connectivity index (χ1v) is 6.49. The summed E-state index contributed by atoms with van der Waals surface area (Å²) in [7, 11) is 0. The lowest BCUT2D eigenvalue weighted by Gasteiger charge is -2.18. The summed E-state index contributed by atoms with van der Waals surface area (Å²) in [5, 5.41) is 10.8.